The Morgan fingerprint density at radius 3 is 2.44 bits per heavy atom. The molecule has 39 heavy (non-hydrogen) atoms. The lowest BCUT2D eigenvalue weighted by atomic mass is 10.1. The molecule has 1 N–H and O–H groups in total. The highest BCUT2D eigenvalue weighted by Crippen LogP contribution is 2.35. The molecule has 9 heteroatoms. The van der Waals surface area contributed by atoms with E-state index in [4.69, 9.17) is 26.1 Å². The smallest absolute Gasteiger partial charge is 0.253 e. The van der Waals surface area contributed by atoms with Crippen LogP contribution >= 0.6 is 22.9 Å². The fraction of sp³-hybridized carbons (Fsp3) is 0.267. The Morgan fingerprint density at radius 1 is 1.00 bits per heavy atom. The summed E-state index contributed by atoms with van der Waals surface area (Å²) in [6, 6.07) is 21.5. The molecule has 3 aromatic carbocycles. The number of aromatic nitrogens is 1. The van der Waals surface area contributed by atoms with Gasteiger partial charge in [-0.3, -0.25) is 4.79 Å². The van der Waals surface area contributed by atoms with E-state index >= 15 is 0 Å². The zero-order valence-electron chi connectivity index (χ0n) is 22.0. The standard InChI is InChI=1S/C30H31ClN4O3S/c1-37-27-5-3-4-24(28(27)38-2)19-35(30-33-26(20-39-30)22-10-12-25(31)13-11-22)18-21-6-8-23(9-7-21)29(36)34-16-14-32-15-17-34/h3-13,20,32H,14-19H2,1-2H3. The number of halogens is 1. The van der Waals surface area contributed by atoms with Crippen molar-refractivity contribution in [3.8, 4) is 22.8 Å². The van der Waals surface area contributed by atoms with E-state index in [2.05, 4.69) is 15.6 Å². The number of anilines is 1. The number of ether oxygens (including phenoxy) is 2. The first-order valence-electron chi connectivity index (χ1n) is 12.8. The Bertz CT molecular complexity index is 1400. The van der Waals surface area contributed by atoms with Crippen LogP contribution < -0.4 is 19.7 Å². The van der Waals surface area contributed by atoms with Gasteiger partial charge in [0.15, 0.2) is 16.6 Å². The first-order valence-corrected chi connectivity index (χ1v) is 14.1. The van der Waals surface area contributed by atoms with Gasteiger partial charge in [0.1, 0.15) is 0 Å². The molecule has 0 atom stereocenters. The van der Waals surface area contributed by atoms with Gasteiger partial charge in [0.2, 0.25) is 0 Å². The van der Waals surface area contributed by atoms with Gasteiger partial charge in [-0.15, -0.1) is 11.3 Å². The molecule has 1 aliphatic heterocycles. The van der Waals surface area contributed by atoms with Crippen LogP contribution in [0.25, 0.3) is 11.3 Å². The molecule has 1 saturated heterocycles. The maximum absolute atomic E-state index is 12.9. The van der Waals surface area contributed by atoms with Gasteiger partial charge in [0, 0.05) is 66.4 Å². The Labute approximate surface area is 238 Å². The molecule has 0 saturated carbocycles. The van der Waals surface area contributed by atoms with Gasteiger partial charge < -0.3 is 24.6 Å². The number of rotatable bonds is 9. The Hall–Kier alpha value is -3.59. The zero-order chi connectivity index (χ0) is 27.2. The van der Waals surface area contributed by atoms with Gasteiger partial charge >= 0.3 is 0 Å². The highest BCUT2D eigenvalue weighted by atomic mass is 35.5. The van der Waals surface area contributed by atoms with Crippen LogP contribution in [0.5, 0.6) is 11.5 Å². The number of carbonyl (C=O) groups is 1. The largest absolute Gasteiger partial charge is 0.493 e. The first kappa shape index (κ1) is 27.0. The van der Waals surface area contributed by atoms with E-state index in [0.29, 0.717) is 35.2 Å². The maximum atomic E-state index is 12.9. The summed E-state index contributed by atoms with van der Waals surface area (Å²) in [4.78, 5) is 22.0. The highest BCUT2D eigenvalue weighted by Gasteiger charge is 2.20. The molecule has 0 bridgehead atoms. The second kappa shape index (κ2) is 12.5. The molecule has 0 radical (unpaired) electrons. The van der Waals surface area contributed by atoms with Gasteiger partial charge in [-0.2, -0.15) is 0 Å². The molecule has 0 spiro atoms. The molecule has 0 aliphatic carbocycles. The Kier molecular flexibility index (Phi) is 8.66. The number of carbonyl (C=O) groups excluding carboxylic acids is 1. The van der Waals surface area contributed by atoms with Crippen molar-refractivity contribution < 1.29 is 14.3 Å². The van der Waals surface area contributed by atoms with Crippen LogP contribution in [0.1, 0.15) is 21.5 Å². The second-order valence-electron chi connectivity index (χ2n) is 9.27. The minimum absolute atomic E-state index is 0.0774. The van der Waals surface area contributed by atoms with E-state index in [0.717, 1.165) is 53.7 Å². The predicted molar refractivity (Wildman–Crippen MR) is 157 cm³/mol. The summed E-state index contributed by atoms with van der Waals surface area (Å²) < 4.78 is 11.2. The number of benzene rings is 3. The number of hydrogen-bond donors (Lipinski definition) is 1. The number of thiazole rings is 1. The number of piperazine rings is 1. The molecule has 1 aromatic heterocycles. The molecule has 7 nitrogen and oxygen atoms in total. The molecular weight excluding hydrogens is 532 g/mol. The minimum atomic E-state index is 0.0774. The van der Waals surface area contributed by atoms with Crippen molar-refractivity contribution in [2.24, 2.45) is 0 Å². The quantitative estimate of drug-likeness (QED) is 0.281. The number of nitrogens with one attached hydrogen (secondary N) is 1. The molecule has 1 aliphatic rings. The molecule has 202 valence electrons. The number of nitrogens with zero attached hydrogens (tertiary/aromatic N) is 3. The summed E-state index contributed by atoms with van der Waals surface area (Å²) in [5.41, 5.74) is 4.69. The summed E-state index contributed by atoms with van der Waals surface area (Å²) >= 11 is 7.68. The zero-order valence-corrected chi connectivity index (χ0v) is 23.6. The molecule has 2 heterocycles. The maximum Gasteiger partial charge on any atom is 0.253 e. The van der Waals surface area contributed by atoms with E-state index in [1.807, 2.05) is 71.6 Å². The molecule has 4 aromatic rings. The number of amides is 1. The lowest BCUT2D eigenvalue weighted by Gasteiger charge is -2.27. The van der Waals surface area contributed by atoms with Crippen molar-refractivity contribution in [3.63, 3.8) is 0 Å². The SMILES string of the molecule is COc1cccc(CN(Cc2ccc(C(=O)N3CCNCC3)cc2)c2nc(-c3ccc(Cl)cc3)cs2)c1OC. The molecule has 1 amide bonds. The van der Waals surface area contributed by atoms with Crippen molar-refractivity contribution >= 4 is 34.0 Å². The van der Waals surface area contributed by atoms with Gasteiger partial charge in [0.25, 0.3) is 5.91 Å². The summed E-state index contributed by atoms with van der Waals surface area (Å²) in [6.07, 6.45) is 0. The molecule has 1 fully saturated rings. The van der Waals surface area contributed by atoms with E-state index in [9.17, 15) is 4.79 Å². The van der Waals surface area contributed by atoms with Crippen molar-refractivity contribution in [3.05, 3.63) is 93.8 Å². The average Bonchev–Trinajstić information content (AvgIpc) is 3.48. The lowest BCUT2D eigenvalue weighted by Crippen LogP contribution is -2.46. The third-order valence-electron chi connectivity index (χ3n) is 6.73. The monoisotopic (exact) mass is 562 g/mol. The second-order valence-corrected chi connectivity index (χ2v) is 10.5. The summed E-state index contributed by atoms with van der Waals surface area (Å²) in [5, 5.41) is 6.92. The van der Waals surface area contributed by atoms with E-state index in [-0.39, 0.29) is 5.91 Å². The lowest BCUT2D eigenvalue weighted by molar-refractivity contribution is 0.0736. The Morgan fingerprint density at radius 2 is 1.74 bits per heavy atom. The number of hydrogen-bond acceptors (Lipinski definition) is 7. The van der Waals surface area contributed by atoms with Crippen LogP contribution in [-0.2, 0) is 13.1 Å². The van der Waals surface area contributed by atoms with E-state index in [1.165, 1.54) is 0 Å². The normalized spacial score (nSPS) is 13.3. The summed E-state index contributed by atoms with van der Waals surface area (Å²) in [6.45, 7) is 4.30. The average molecular weight is 563 g/mol. The molecular formula is C30H31ClN4O3S. The van der Waals surface area contributed by atoms with Crippen LogP contribution in [0.2, 0.25) is 5.02 Å². The predicted octanol–water partition coefficient (Wildman–Crippen LogP) is 5.73. The van der Waals surface area contributed by atoms with Crippen LogP contribution in [0.3, 0.4) is 0 Å². The van der Waals surface area contributed by atoms with Crippen LogP contribution in [0.15, 0.2) is 72.1 Å². The molecule has 0 unspecified atom stereocenters. The number of para-hydroxylation sites is 1. The summed E-state index contributed by atoms with van der Waals surface area (Å²) in [7, 11) is 3.30. The number of methoxy groups -OCH3 is 2. The third-order valence-corrected chi connectivity index (χ3v) is 7.88. The topological polar surface area (TPSA) is 66.9 Å². The van der Waals surface area contributed by atoms with Crippen molar-refractivity contribution in [2.75, 3.05) is 45.3 Å². The van der Waals surface area contributed by atoms with Crippen molar-refractivity contribution in [1.29, 1.82) is 0 Å². The molecule has 5 rings (SSSR count). The van der Waals surface area contributed by atoms with Crippen molar-refractivity contribution in [1.82, 2.24) is 15.2 Å². The fourth-order valence-corrected chi connectivity index (χ4v) is 5.62. The van der Waals surface area contributed by atoms with Crippen LogP contribution in [-0.4, -0.2) is 56.2 Å². The van der Waals surface area contributed by atoms with Crippen LogP contribution in [0, 0.1) is 0 Å². The van der Waals surface area contributed by atoms with Crippen molar-refractivity contribution in [2.45, 2.75) is 13.1 Å². The minimum Gasteiger partial charge on any atom is -0.493 e. The highest BCUT2D eigenvalue weighted by molar-refractivity contribution is 7.14. The first-order chi connectivity index (χ1) is 19.1. The van der Waals surface area contributed by atoms with Crippen LogP contribution in [0.4, 0.5) is 5.13 Å². The summed E-state index contributed by atoms with van der Waals surface area (Å²) in [5.74, 6) is 1.47. The fourth-order valence-electron chi connectivity index (χ4n) is 4.66. The third kappa shape index (κ3) is 6.36. The van der Waals surface area contributed by atoms with Gasteiger partial charge in [-0.25, -0.2) is 4.98 Å². The van der Waals surface area contributed by atoms with Gasteiger partial charge in [0.05, 0.1) is 19.9 Å². The van der Waals surface area contributed by atoms with E-state index in [1.54, 1.807) is 25.6 Å². The van der Waals surface area contributed by atoms with Gasteiger partial charge in [-0.05, 0) is 35.9 Å². The van der Waals surface area contributed by atoms with E-state index < -0.39 is 0 Å². The Balaban J connectivity index is 1.42. The van der Waals surface area contributed by atoms with Gasteiger partial charge in [-0.1, -0.05) is 48.0 Å².